The van der Waals surface area contributed by atoms with Crippen molar-refractivity contribution in [1.29, 1.82) is 0 Å². The highest BCUT2D eigenvalue weighted by Crippen LogP contribution is 2.29. The Morgan fingerprint density at radius 1 is 0.955 bits per heavy atom. The third kappa shape index (κ3) is 2.97. The Labute approximate surface area is 142 Å². The first kappa shape index (κ1) is 15.3. The Kier molecular flexibility index (Phi) is 4.12. The normalized spacial score (nSPS) is 11.5. The smallest absolute Gasteiger partial charge is 0.263 e. The molecule has 0 aromatic heterocycles. The van der Waals surface area contributed by atoms with Crippen LogP contribution in [0.2, 0.25) is 5.02 Å². The number of fused-ring (bicyclic) bond motifs is 1. The number of hydrogen-bond acceptors (Lipinski definition) is 2. The molecule has 0 unspecified atom stereocenters. The maximum absolute atomic E-state index is 12.6. The molecule has 0 atom stereocenters. The molecule has 0 bridgehead atoms. The monoisotopic (exact) mass is 395 g/mol. The fourth-order valence-electron chi connectivity index (χ4n) is 2.21. The van der Waals surface area contributed by atoms with Crippen LogP contribution in [0.3, 0.4) is 0 Å². The molecule has 3 aromatic carbocycles. The third-order valence-electron chi connectivity index (χ3n) is 3.22. The van der Waals surface area contributed by atoms with E-state index in [9.17, 15) is 8.42 Å². The summed E-state index contributed by atoms with van der Waals surface area (Å²) in [6.45, 7) is 0. The van der Waals surface area contributed by atoms with Crippen molar-refractivity contribution in [2.45, 2.75) is 4.90 Å². The summed E-state index contributed by atoms with van der Waals surface area (Å²) in [5, 5.41) is 1.97. The van der Waals surface area contributed by atoms with Crippen molar-refractivity contribution >= 4 is 54.0 Å². The molecule has 0 aliphatic carbocycles. The highest BCUT2D eigenvalue weighted by atomic mass is 79.9. The lowest BCUT2D eigenvalue weighted by Crippen LogP contribution is -2.13. The van der Waals surface area contributed by atoms with E-state index in [2.05, 4.69) is 20.7 Å². The summed E-state index contributed by atoms with van der Waals surface area (Å²) in [4.78, 5) is 0.0466. The van der Waals surface area contributed by atoms with Crippen LogP contribution in [0.1, 0.15) is 0 Å². The van der Waals surface area contributed by atoms with Gasteiger partial charge in [0.2, 0.25) is 0 Å². The van der Waals surface area contributed by atoms with Gasteiger partial charge >= 0.3 is 0 Å². The summed E-state index contributed by atoms with van der Waals surface area (Å²) >= 11 is 9.31. The van der Waals surface area contributed by atoms with Gasteiger partial charge in [-0.2, -0.15) is 0 Å². The zero-order valence-corrected chi connectivity index (χ0v) is 14.4. The lowest BCUT2D eigenvalue weighted by atomic mass is 10.1. The van der Waals surface area contributed by atoms with Gasteiger partial charge in [-0.3, -0.25) is 4.72 Å². The Morgan fingerprint density at radius 3 is 2.45 bits per heavy atom. The predicted octanol–water partition coefficient (Wildman–Crippen LogP) is 5.06. The van der Waals surface area contributed by atoms with Gasteiger partial charge in [-0.1, -0.05) is 63.9 Å². The van der Waals surface area contributed by atoms with Crippen molar-refractivity contribution in [3.8, 4) is 0 Å². The molecule has 0 aliphatic rings. The van der Waals surface area contributed by atoms with Crippen molar-refractivity contribution in [3.05, 3.63) is 70.2 Å². The molecule has 0 amide bonds. The first-order valence-corrected chi connectivity index (χ1v) is 9.08. The van der Waals surface area contributed by atoms with Gasteiger partial charge in [0.1, 0.15) is 4.90 Å². The fraction of sp³-hybridized carbons (Fsp3) is 0. The van der Waals surface area contributed by atoms with Gasteiger partial charge < -0.3 is 0 Å². The minimum atomic E-state index is -3.76. The van der Waals surface area contributed by atoms with Gasteiger partial charge in [-0.15, -0.1) is 0 Å². The summed E-state index contributed by atoms with van der Waals surface area (Å²) in [6.07, 6.45) is 0. The Morgan fingerprint density at radius 2 is 1.68 bits per heavy atom. The second-order valence-electron chi connectivity index (χ2n) is 4.71. The number of sulfonamides is 1. The van der Waals surface area contributed by atoms with Crippen LogP contribution in [-0.4, -0.2) is 8.42 Å². The van der Waals surface area contributed by atoms with E-state index >= 15 is 0 Å². The largest absolute Gasteiger partial charge is 0.279 e. The van der Waals surface area contributed by atoms with E-state index in [0.29, 0.717) is 5.69 Å². The van der Waals surface area contributed by atoms with Crippen LogP contribution in [-0.2, 0) is 10.0 Å². The average molecular weight is 397 g/mol. The molecule has 0 aliphatic heterocycles. The highest BCUT2D eigenvalue weighted by molar-refractivity contribution is 9.10. The maximum atomic E-state index is 12.6. The molecule has 0 heterocycles. The second-order valence-corrected chi connectivity index (χ2v) is 7.68. The average Bonchev–Trinajstić information content (AvgIpc) is 2.47. The molecule has 3 rings (SSSR count). The van der Waals surface area contributed by atoms with E-state index < -0.39 is 10.0 Å². The summed E-state index contributed by atoms with van der Waals surface area (Å²) in [5.41, 5.74) is 0.525. The second kappa shape index (κ2) is 5.91. The van der Waals surface area contributed by atoms with Crippen LogP contribution in [0, 0.1) is 0 Å². The van der Waals surface area contributed by atoms with E-state index in [1.54, 1.807) is 18.2 Å². The number of benzene rings is 3. The van der Waals surface area contributed by atoms with Crippen LogP contribution >= 0.6 is 27.5 Å². The van der Waals surface area contributed by atoms with Crippen LogP contribution in [0.4, 0.5) is 5.69 Å². The van der Waals surface area contributed by atoms with E-state index in [1.165, 1.54) is 6.07 Å². The molecule has 0 saturated carbocycles. The maximum Gasteiger partial charge on any atom is 0.263 e. The summed E-state index contributed by atoms with van der Waals surface area (Å²) in [5.74, 6) is 0. The van der Waals surface area contributed by atoms with Gasteiger partial charge in [-0.25, -0.2) is 8.42 Å². The van der Waals surface area contributed by atoms with E-state index in [4.69, 9.17) is 11.6 Å². The minimum Gasteiger partial charge on any atom is -0.279 e. The van der Waals surface area contributed by atoms with Crippen LogP contribution < -0.4 is 4.72 Å². The Balaban J connectivity index is 2.07. The minimum absolute atomic E-state index is 0.0466. The zero-order chi connectivity index (χ0) is 15.7. The summed E-state index contributed by atoms with van der Waals surface area (Å²) in [6, 6.07) is 17.7. The molecule has 112 valence electrons. The number of hydrogen-bond donors (Lipinski definition) is 1. The standard InChI is InChI=1S/C16H11BrClNO2S/c17-12-8-9-16(14(18)10-12)22(20,21)19-15-7-3-5-11-4-1-2-6-13(11)15/h1-10,19H. The fourth-order valence-corrected chi connectivity index (χ4v) is 4.33. The summed E-state index contributed by atoms with van der Waals surface area (Å²) in [7, 11) is -3.76. The SMILES string of the molecule is O=S(=O)(Nc1cccc2ccccc12)c1ccc(Br)cc1Cl. The molecule has 22 heavy (non-hydrogen) atoms. The topological polar surface area (TPSA) is 46.2 Å². The van der Waals surface area contributed by atoms with Gasteiger partial charge in [0, 0.05) is 9.86 Å². The van der Waals surface area contributed by atoms with Crippen molar-refractivity contribution in [2.24, 2.45) is 0 Å². The van der Waals surface area contributed by atoms with E-state index in [0.717, 1.165) is 15.2 Å². The Bertz CT molecular complexity index is 952. The zero-order valence-electron chi connectivity index (χ0n) is 11.3. The first-order chi connectivity index (χ1) is 10.5. The number of halogens is 2. The molecule has 3 nitrogen and oxygen atoms in total. The number of anilines is 1. The van der Waals surface area contributed by atoms with Gasteiger partial charge in [0.15, 0.2) is 0 Å². The molecule has 0 fully saturated rings. The Hall–Kier alpha value is -1.56. The summed E-state index contributed by atoms with van der Waals surface area (Å²) < 4.78 is 28.5. The van der Waals surface area contributed by atoms with Crippen molar-refractivity contribution in [2.75, 3.05) is 4.72 Å². The third-order valence-corrected chi connectivity index (χ3v) is 5.56. The molecular formula is C16H11BrClNO2S. The number of nitrogens with one attached hydrogen (secondary N) is 1. The van der Waals surface area contributed by atoms with Crippen LogP contribution in [0.15, 0.2) is 70.0 Å². The molecule has 3 aromatic rings. The molecule has 6 heteroatoms. The van der Waals surface area contributed by atoms with E-state index in [1.807, 2.05) is 36.4 Å². The predicted molar refractivity (Wildman–Crippen MR) is 93.9 cm³/mol. The quantitative estimate of drug-likeness (QED) is 0.673. The number of rotatable bonds is 3. The van der Waals surface area contributed by atoms with Gasteiger partial charge in [0.25, 0.3) is 10.0 Å². The lowest BCUT2D eigenvalue weighted by molar-refractivity contribution is 0.601. The van der Waals surface area contributed by atoms with Gasteiger partial charge in [0.05, 0.1) is 10.7 Å². The lowest BCUT2D eigenvalue weighted by Gasteiger charge is -2.12. The molecule has 1 N–H and O–H groups in total. The van der Waals surface area contributed by atoms with Gasteiger partial charge in [-0.05, 0) is 29.7 Å². The first-order valence-electron chi connectivity index (χ1n) is 6.43. The molecule has 0 spiro atoms. The molecular weight excluding hydrogens is 386 g/mol. The van der Waals surface area contributed by atoms with Crippen molar-refractivity contribution in [1.82, 2.24) is 0 Å². The molecule has 0 saturated heterocycles. The van der Waals surface area contributed by atoms with Crippen LogP contribution in [0.5, 0.6) is 0 Å². The highest BCUT2D eigenvalue weighted by Gasteiger charge is 2.19. The molecule has 0 radical (unpaired) electrons. The van der Waals surface area contributed by atoms with E-state index in [-0.39, 0.29) is 9.92 Å². The van der Waals surface area contributed by atoms with Crippen molar-refractivity contribution in [3.63, 3.8) is 0 Å². The van der Waals surface area contributed by atoms with Crippen molar-refractivity contribution < 1.29 is 8.42 Å². The van der Waals surface area contributed by atoms with Crippen LogP contribution in [0.25, 0.3) is 10.8 Å².